The molecule has 1 aromatic heterocycles. The molecule has 1 amide bonds. The fourth-order valence-electron chi connectivity index (χ4n) is 3.29. The van der Waals surface area contributed by atoms with Crippen molar-refractivity contribution >= 4 is 41.5 Å². The molecule has 1 N–H and O–H groups in total. The molecule has 0 saturated carbocycles. The van der Waals surface area contributed by atoms with E-state index in [2.05, 4.69) is 10.4 Å². The third-order valence-electron chi connectivity index (χ3n) is 4.75. The highest BCUT2D eigenvalue weighted by molar-refractivity contribution is 14.0. The molecule has 0 aliphatic carbocycles. The minimum absolute atomic E-state index is 0. The monoisotopic (exact) mass is 542 g/mol. The highest BCUT2D eigenvalue weighted by atomic mass is 127. The second-order valence-corrected chi connectivity index (χ2v) is 7.11. The van der Waals surface area contributed by atoms with Crippen LogP contribution in [-0.4, -0.2) is 72.5 Å². The highest BCUT2D eigenvalue weighted by Gasteiger charge is 2.27. The molecular weight excluding hydrogens is 511 g/mol. The Hall–Kier alpha value is -2.50. The van der Waals surface area contributed by atoms with Gasteiger partial charge in [0.2, 0.25) is 5.91 Å². The summed E-state index contributed by atoms with van der Waals surface area (Å²) in [5.41, 5.74) is 0.822. The van der Waals surface area contributed by atoms with E-state index in [1.165, 1.54) is 0 Å². The van der Waals surface area contributed by atoms with Gasteiger partial charge in [-0.2, -0.15) is 5.10 Å². The largest absolute Gasteiger partial charge is 0.493 e. The number of aryl methyl sites for hydroxylation is 1. The van der Waals surface area contributed by atoms with E-state index >= 15 is 0 Å². The van der Waals surface area contributed by atoms with Gasteiger partial charge in [0.1, 0.15) is 12.6 Å². The predicted molar refractivity (Wildman–Crippen MR) is 132 cm³/mol. The average Bonchev–Trinajstić information content (AvgIpc) is 3.17. The molecule has 9 nitrogen and oxygen atoms in total. The Kier molecular flexibility index (Phi) is 9.41. The van der Waals surface area contributed by atoms with Gasteiger partial charge in [0, 0.05) is 32.9 Å². The van der Waals surface area contributed by atoms with Crippen LogP contribution in [0.15, 0.2) is 41.7 Å². The van der Waals surface area contributed by atoms with Gasteiger partial charge in [0.05, 0.1) is 25.5 Å². The first kappa shape index (κ1) is 24.8. The van der Waals surface area contributed by atoms with Crippen LogP contribution in [0.2, 0.25) is 0 Å². The summed E-state index contributed by atoms with van der Waals surface area (Å²) in [6, 6.07) is 7.55. The molecule has 2 aromatic rings. The first-order valence-electron chi connectivity index (χ1n) is 10.1. The summed E-state index contributed by atoms with van der Waals surface area (Å²) >= 11 is 0. The topological polar surface area (TPSA) is 84.2 Å². The lowest BCUT2D eigenvalue weighted by molar-refractivity contribution is -0.120. The SMILES string of the molecule is CCNC(=NCC(C)Oc1ccccc1OC)N1CCN(c2cnn(C)c2)C(=O)C1.I. The van der Waals surface area contributed by atoms with Crippen LogP contribution >= 0.6 is 24.0 Å². The normalized spacial score (nSPS) is 15.4. The summed E-state index contributed by atoms with van der Waals surface area (Å²) in [6.45, 7) is 6.69. The van der Waals surface area contributed by atoms with Gasteiger partial charge < -0.3 is 24.6 Å². The molecule has 1 unspecified atom stereocenters. The summed E-state index contributed by atoms with van der Waals surface area (Å²) in [5, 5.41) is 7.44. The molecule has 2 heterocycles. The number of guanidine groups is 1. The van der Waals surface area contributed by atoms with Gasteiger partial charge in [-0.15, -0.1) is 24.0 Å². The van der Waals surface area contributed by atoms with Crippen molar-refractivity contribution < 1.29 is 14.3 Å². The predicted octanol–water partition coefficient (Wildman–Crippen LogP) is 2.13. The Morgan fingerprint density at radius 3 is 2.65 bits per heavy atom. The van der Waals surface area contributed by atoms with E-state index in [-0.39, 0.29) is 42.5 Å². The number of carbonyl (C=O) groups excluding carboxylic acids is 1. The van der Waals surface area contributed by atoms with Gasteiger partial charge in [0.15, 0.2) is 17.5 Å². The van der Waals surface area contributed by atoms with Gasteiger partial charge in [-0.1, -0.05) is 12.1 Å². The van der Waals surface area contributed by atoms with Crippen LogP contribution in [0.25, 0.3) is 0 Å². The maximum absolute atomic E-state index is 12.7. The molecule has 170 valence electrons. The van der Waals surface area contributed by atoms with Crippen molar-refractivity contribution in [3.05, 3.63) is 36.7 Å². The van der Waals surface area contributed by atoms with Crippen molar-refractivity contribution in [3.63, 3.8) is 0 Å². The zero-order chi connectivity index (χ0) is 21.5. The minimum atomic E-state index is -0.151. The number of hydrogen-bond acceptors (Lipinski definition) is 5. The summed E-state index contributed by atoms with van der Waals surface area (Å²) in [5.74, 6) is 2.12. The Balaban J connectivity index is 0.00000341. The van der Waals surface area contributed by atoms with Crippen molar-refractivity contribution in [2.45, 2.75) is 20.0 Å². The molecule has 0 radical (unpaired) electrons. The number of amides is 1. The molecular formula is C21H31IN6O3. The quantitative estimate of drug-likeness (QED) is 0.328. The third kappa shape index (κ3) is 6.49. The second kappa shape index (κ2) is 11.8. The smallest absolute Gasteiger partial charge is 0.246 e. The average molecular weight is 542 g/mol. The lowest BCUT2D eigenvalue weighted by atomic mass is 10.3. The van der Waals surface area contributed by atoms with Crippen LogP contribution in [0.5, 0.6) is 11.5 Å². The summed E-state index contributed by atoms with van der Waals surface area (Å²) < 4.78 is 13.0. The Morgan fingerprint density at radius 2 is 2.03 bits per heavy atom. The Labute approximate surface area is 200 Å². The number of nitrogens with zero attached hydrogens (tertiary/aromatic N) is 5. The van der Waals surface area contributed by atoms with Gasteiger partial charge in [-0.25, -0.2) is 4.99 Å². The van der Waals surface area contributed by atoms with Crippen LogP contribution in [0.4, 0.5) is 5.69 Å². The molecule has 1 atom stereocenters. The number of ether oxygens (including phenoxy) is 2. The zero-order valence-electron chi connectivity index (χ0n) is 18.4. The molecule has 3 rings (SSSR count). The number of nitrogens with one attached hydrogen (secondary N) is 1. The fraction of sp³-hybridized carbons (Fsp3) is 0.476. The number of hydrogen-bond donors (Lipinski definition) is 1. The third-order valence-corrected chi connectivity index (χ3v) is 4.75. The number of aromatic nitrogens is 2. The molecule has 1 aliphatic rings. The van der Waals surface area contributed by atoms with E-state index in [9.17, 15) is 4.79 Å². The number of para-hydroxylation sites is 2. The maximum atomic E-state index is 12.7. The molecule has 0 bridgehead atoms. The van der Waals surface area contributed by atoms with Crippen LogP contribution in [0.3, 0.4) is 0 Å². The Bertz CT molecular complexity index is 888. The Morgan fingerprint density at radius 1 is 1.29 bits per heavy atom. The van der Waals surface area contributed by atoms with E-state index < -0.39 is 0 Å². The van der Waals surface area contributed by atoms with Crippen molar-refractivity contribution in [1.82, 2.24) is 20.0 Å². The molecule has 1 aliphatic heterocycles. The maximum Gasteiger partial charge on any atom is 0.246 e. The van der Waals surface area contributed by atoms with Crippen LogP contribution < -0.4 is 19.7 Å². The fourth-order valence-corrected chi connectivity index (χ4v) is 3.29. The highest BCUT2D eigenvalue weighted by Crippen LogP contribution is 2.26. The van der Waals surface area contributed by atoms with E-state index in [4.69, 9.17) is 14.5 Å². The van der Waals surface area contributed by atoms with Crippen LogP contribution in [0.1, 0.15) is 13.8 Å². The van der Waals surface area contributed by atoms with Gasteiger partial charge in [-0.05, 0) is 26.0 Å². The number of anilines is 1. The van der Waals surface area contributed by atoms with Crippen LogP contribution in [-0.2, 0) is 11.8 Å². The molecule has 0 spiro atoms. The molecule has 1 aromatic carbocycles. The summed E-state index contributed by atoms with van der Waals surface area (Å²) in [7, 11) is 3.46. The molecule has 10 heteroatoms. The number of halogens is 1. The van der Waals surface area contributed by atoms with Crippen molar-refractivity contribution in [2.75, 3.05) is 44.7 Å². The molecule has 1 fully saturated rings. The van der Waals surface area contributed by atoms with Crippen molar-refractivity contribution in [1.29, 1.82) is 0 Å². The lowest BCUT2D eigenvalue weighted by Gasteiger charge is -2.35. The van der Waals surface area contributed by atoms with Crippen LogP contribution in [0, 0.1) is 0 Å². The summed E-state index contributed by atoms with van der Waals surface area (Å²) in [6.07, 6.45) is 3.41. The van der Waals surface area contributed by atoms with Gasteiger partial charge in [0.25, 0.3) is 0 Å². The number of carbonyl (C=O) groups is 1. The van der Waals surface area contributed by atoms with E-state index in [0.717, 1.165) is 12.2 Å². The number of benzene rings is 1. The second-order valence-electron chi connectivity index (χ2n) is 7.11. The van der Waals surface area contributed by atoms with Crippen molar-refractivity contribution in [3.8, 4) is 11.5 Å². The number of rotatable bonds is 7. The zero-order valence-corrected chi connectivity index (χ0v) is 20.8. The van der Waals surface area contributed by atoms with E-state index in [1.807, 2.05) is 56.3 Å². The van der Waals surface area contributed by atoms with E-state index in [0.29, 0.717) is 37.1 Å². The number of methoxy groups -OCH3 is 1. The van der Waals surface area contributed by atoms with Gasteiger partial charge >= 0.3 is 0 Å². The van der Waals surface area contributed by atoms with Gasteiger partial charge in [-0.3, -0.25) is 9.48 Å². The summed E-state index contributed by atoms with van der Waals surface area (Å²) in [4.78, 5) is 21.1. The van der Waals surface area contributed by atoms with E-state index in [1.54, 1.807) is 22.9 Å². The molecule has 1 saturated heterocycles. The standard InChI is InChI=1S/C21H30N6O3.HI/c1-5-22-21(23-12-16(2)30-19-9-7-6-8-18(19)29-4)26-10-11-27(20(28)15-26)17-13-24-25(3)14-17;/h6-9,13-14,16H,5,10-12,15H2,1-4H3,(H,22,23);1H. The number of piperazine rings is 1. The first-order chi connectivity index (χ1) is 14.5. The lowest BCUT2D eigenvalue weighted by Crippen LogP contribution is -2.55. The molecule has 31 heavy (non-hydrogen) atoms. The first-order valence-corrected chi connectivity index (χ1v) is 10.1. The van der Waals surface area contributed by atoms with Crippen molar-refractivity contribution in [2.24, 2.45) is 12.0 Å². The minimum Gasteiger partial charge on any atom is -0.493 e. The number of aliphatic imine (C=N–C) groups is 1.